The van der Waals surface area contributed by atoms with Crippen LogP contribution in [0.5, 0.6) is 0 Å². The highest BCUT2D eigenvalue weighted by molar-refractivity contribution is 5.66. The van der Waals surface area contributed by atoms with Crippen molar-refractivity contribution in [2.24, 2.45) is 5.73 Å². The van der Waals surface area contributed by atoms with Crippen LogP contribution in [0, 0.1) is 0 Å². The third kappa shape index (κ3) is 4.07. The van der Waals surface area contributed by atoms with Crippen LogP contribution < -0.4 is 5.73 Å². The van der Waals surface area contributed by atoms with E-state index < -0.39 is 5.97 Å². The largest absolute Gasteiger partial charge is 0.481 e. The minimum Gasteiger partial charge on any atom is -0.481 e. The van der Waals surface area contributed by atoms with Gasteiger partial charge in [-0.15, -0.1) is 0 Å². The minimum atomic E-state index is -0.726. The molecule has 1 saturated heterocycles. The lowest BCUT2D eigenvalue weighted by Crippen LogP contribution is -2.44. The average molecular weight is 200 g/mol. The van der Waals surface area contributed by atoms with Gasteiger partial charge in [0, 0.05) is 6.42 Å². The van der Waals surface area contributed by atoms with Crippen LogP contribution in [0.4, 0.5) is 0 Å². The molecule has 0 aliphatic carbocycles. The molecule has 1 fully saturated rings. The van der Waals surface area contributed by atoms with Crippen LogP contribution >= 0.6 is 0 Å². The molecule has 4 heteroatoms. The molecule has 0 aromatic heterocycles. The first kappa shape index (κ1) is 11.5. The van der Waals surface area contributed by atoms with Crippen molar-refractivity contribution in [2.75, 3.05) is 13.1 Å². The lowest BCUT2D eigenvalue weighted by Gasteiger charge is -2.31. The second-order valence-electron chi connectivity index (χ2n) is 3.95. The van der Waals surface area contributed by atoms with Crippen molar-refractivity contribution in [3.63, 3.8) is 0 Å². The summed E-state index contributed by atoms with van der Waals surface area (Å²) in [4.78, 5) is 12.6. The summed E-state index contributed by atoms with van der Waals surface area (Å²) in [6.45, 7) is 2.16. The Morgan fingerprint density at radius 3 is 2.57 bits per heavy atom. The van der Waals surface area contributed by atoms with Crippen molar-refractivity contribution in [1.29, 1.82) is 0 Å². The summed E-state index contributed by atoms with van der Waals surface area (Å²) in [5.74, 6) is -0.726. The van der Waals surface area contributed by atoms with Crippen LogP contribution in [-0.2, 0) is 4.79 Å². The van der Waals surface area contributed by atoms with Gasteiger partial charge in [-0.25, -0.2) is 0 Å². The maximum absolute atomic E-state index is 10.3. The number of hydrogen-bond acceptors (Lipinski definition) is 3. The van der Waals surface area contributed by atoms with E-state index in [1.807, 2.05) is 0 Å². The molecular weight excluding hydrogens is 180 g/mol. The van der Waals surface area contributed by atoms with Crippen molar-refractivity contribution in [3.8, 4) is 0 Å². The number of hydrogen-bond donors (Lipinski definition) is 2. The molecule has 82 valence electrons. The number of carboxylic acid groups (broad SMARTS) is 1. The maximum atomic E-state index is 10.3. The fourth-order valence-electron chi connectivity index (χ4n) is 1.90. The molecule has 1 unspecified atom stereocenters. The van der Waals surface area contributed by atoms with Crippen molar-refractivity contribution >= 4 is 5.97 Å². The average Bonchev–Trinajstić information content (AvgIpc) is 2.18. The van der Waals surface area contributed by atoms with Crippen LogP contribution in [0.15, 0.2) is 0 Å². The molecule has 4 nitrogen and oxygen atoms in total. The normalized spacial score (nSPS) is 20.6. The van der Waals surface area contributed by atoms with Gasteiger partial charge in [-0.3, -0.25) is 9.69 Å². The highest BCUT2D eigenvalue weighted by Gasteiger charge is 2.16. The molecule has 0 bridgehead atoms. The number of aliphatic carboxylic acids is 1. The molecule has 1 heterocycles. The standard InChI is InChI=1S/C10H20N2O2/c11-9(5-4-6-10(13)14)12-7-2-1-3-8-12/h9H,1-8,11H2,(H,13,14). The van der Waals surface area contributed by atoms with Gasteiger partial charge in [0.1, 0.15) is 0 Å². The lowest BCUT2D eigenvalue weighted by molar-refractivity contribution is -0.137. The van der Waals surface area contributed by atoms with Gasteiger partial charge in [0.15, 0.2) is 0 Å². The number of carbonyl (C=O) groups is 1. The summed E-state index contributed by atoms with van der Waals surface area (Å²) in [5, 5.41) is 8.48. The van der Waals surface area contributed by atoms with E-state index in [9.17, 15) is 4.79 Å². The highest BCUT2D eigenvalue weighted by atomic mass is 16.4. The monoisotopic (exact) mass is 200 g/mol. The fraction of sp³-hybridized carbons (Fsp3) is 0.900. The quantitative estimate of drug-likeness (QED) is 0.695. The summed E-state index contributed by atoms with van der Waals surface area (Å²) in [7, 11) is 0. The first-order valence-corrected chi connectivity index (χ1v) is 5.41. The molecule has 0 aromatic carbocycles. The van der Waals surface area contributed by atoms with Crippen LogP contribution in [0.3, 0.4) is 0 Å². The van der Waals surface area contributed by atoms with Gasteiger partial charge < -0.3 is 10.8 Å². The van der Waals surface area contributed by atoms with Crippen LogP contribution in [0.25, 0.3) is 0 Å². The topological polar surface area (TPSA) is 66.6 Å². The van der Waals surface area contributed by atoms with Gasteiger partial charge in [0.25, 0.3) is 0 Å². The molecule has 1 aliphatic rings. The summed E-state index contributed by atoms with van der Waals surface area (Å²) >= 11 is 0. The Balaban J connectivity index is 2.13. The van der Waals surface area contributed by atoms with Gasteiger partial charge in [0.2, 0.25) is 0 Å². The predicted octanol–water partition coefficient (Wildman–Crippen LogP) is 1.01. The van der Waals surface area contributed by atoms with Gasteiger partial charge in [0.05, 0.1) is 6.17 Å². The first-order valence-electron chi connectivity index (χ1n) is 5.41. The third-order valence-electron chi connectivity index (χ3n) is 2.75. The zero-order chi connectivity index (χ0) is 10.4. The summed E-state index contributed by atoms with van der Waals surface area (Å²) in [6, 6.07) is 0. The molecule has 0 radical (unpaired) electrons. The Labute approximate surface area is 85.1 Å². The zero-order valence-corrected chi connectivity index (χ0v) is 8.61. The Morgan fingerprint density at radius 2 is 2.00 bits per heavy atom. The second kappa shape index (κ2) is 5.98. The van der Waals surface area contributed by atoms with E-state index in [4.69, 9.17) is 10.8 Å². The number of rotatable bonds is 5. The number of nitrogens with two attached hydrogens (primary N) is 1. The number of likely N-dealkylation sites (tertiary alicyclic amines) is 1. The highest BCUT2D eigenvalue weighted by Crippen LogP contribution is 2.12. The Hall–Kier alpha value is -0.610. The van der Waals surface area contributed by atoms with Crippen LogP contribution in [-0.4, -0.2) is 35.2 Å². The van der Waals surface area contributed by atoms with E-state index in [0.717, 1.165) is 19.5 Å². The van der Waals surface area contributed by atoms with Gasteiger partial charge >= 0.3 is 5.97 Å². The summed E-state index contributed by atoms with van der Waals surface area (Å²) in [5.41, 5.74) is 5.97. The predicted molar refractivity (Wildman–Crippen MR) is 54.9 cm³/mol. The van der Waals surface area contributed by atoms with E-state index in [1.54, 1.807) is 0 Å². The van der Waals surface area contributed by atoms with Crippen molar-refractivity contribution in [2.45, 2.75) is 44.7 Å². The van der Waals surface area contributed by atoms with E-state index in [-0.39, 0.29) is 12.6 Å². The van der Waals surface area contributed by atoms with Crippen LogP contribution in [0.1, 0.15) is 38.5 Å². The SMILES string of the molecule is NC(CCCC(=O)O)N1CCCCC1. The second-order valence-corrected chi connectivity index (χ2v) is 3.95. The zero-order valence-electron chi connectivity index (χ0n) is 8.61. The van der Waals surface area contributed by atoms with Crippen molar-refractivity contribution in [3.05, 3.63) is 0 Å². The molecule has 1 atom stereocenters. The molecule has 3 N–H and O–H groups in total. The number of piperidine rings is 1. The number of carboxylic acids is 1. The minimum absolute atomic E-state index is 0.0645. The fourth-order valence-corrected chi connectivity index (χ4v) is 1.90. The molecule has 1 aliphatic heterocycles. The Bertz CT molecular complexity index is 179. The van der Waals surface area contributed by atoms with Gasteiger partial charge in [-0.2, -0.15) is 0 Å². The number of nitrogens with zero attached hydrogens (tertiary/aromatic N) is 1. The molecular formula is C10H20N2O2. The van der Waals surface area contributed by atoms with E-state index >= 15 is 0 Å². The van der Waals surface area contributed by atoms with E-state index in [1.165, 1.54) is 19.3 Å². The molecule has 0 amide bonds. The maximum Gasteiger partial charge on any atom is 0.303 e. The van der Waals surface area contributed by atoms with E-state index in [0.29, 0.717) is 6.42 Å². The molecule has 0 saturated carbocycles. The van der Waals surface area contributed by atoms with Crippen molar-refractivity contribution in [1.82, 2.24) is 4.90 Å². The molecule has 14 heavy (non-hydrogen) atoms. The Kier molecular flexibility index (Phi) is 4.90. The molecule has 1 rings (SSSR count). The summed E-state index contributed by atoms with van der Waals surface area (Å²) < 4.78 is 0. The van der Waals surface area contributed by atoms with Crippen LogP contribution in [0.2, 0.25) is 0 Å². The lowest BCUT2D eigenvalue weighted by atomic mass is 10.1. The first-order chi connectivity index (χ1) is 6.70. The van der Waals surface area contributed by atoms with Gasteiger partial charge in [-0.05, 0) is 38.8 Å². The van der Waals surface area contributed by atoms with Crippen molar-refractivity contribution < 1.29 is 9.90 Å². The summed E-state index contributed by atoms with van der Waals surface area (Å²) in [6.07, 6.45) is 5.55. The third-order valence-corrected chi connectivity index (χ3v) is 2.75. The van der Waals surface area contributed by atoms with Gasteiger partial charge in [-0.1, -0.05) is 6.42 Å². The molecule has 0 aromatic rings. The molecule has 0 spiro atoms. The van der Waals surface area contributed by atoms with E-state index in [2.05, 4.69) is 4.90 Å². The Morgan fingerprint density at radius 1 is 1.36 bits per heavy atom. The smallest absolute Gasteiger partial charge is 0.303 e.